The molecule has 1 aliphatic heterocycles. The van der Waals surface area contributed by atoms with Crippen molar-refractivity contribution in [2.75, 3.05) is 26.2 Å². The van der Waals surface area contributed by atoms with E-state index in [1.54, 1.807) is 37.5 Å². The zero-order valence-corrected chi connectivity index (χ0v) is 28.8. The van der Waals surface area contributed by atoms with Crippen LogP contribution in [0.15, 0.2) is 67.1 Å². The molecule has 14 heteroatoms. The van der Waals surface area contributed by atoms with Gasteiger partial charge in [0.2, 0.25) is 17.7 Å². The Bertz CT molecular complexity index is 2050. The minimum absolute atomic E-state index is 0.179. The molecule has 2 bridgehead atoms. The van der Waals surface area contributed by atoms with Crippen molar-refractivity contribution in [3.05, 3.63) is 89.6 Å². The third-order valence-electron chi connectivity index (χ3n) is 9.21. The van der Waals surface area contributed by atoms with Crippen LogP contribution in [-0.2, 0) is 27.3 Å². The van der Waals surface area contributed by atoms with Crippen molar-refractivity contribution in [2.24, 2.45) is 0 Å². The third-order valence-corrected chi connectivity index (χ3v) is 9.21. The number of amides is 5. The fourth-order valence-corrected chi connectivity index (χ4v) is 6.47. The van der Waals surface area contributed by atoms with Gasteiger partial charge in [0.05, 0.1) is 23.1 Å². The molecule has 0 spiro atoms. The highest BCUT2D eigenvalue weighted by molar-refractivity contribution is 5.98. The molecular formula is C37H43N9O5. The molecule has 3 aromatic heterocycles. The summed E-state index contributed by atoms with van der Waals surface area (Å²) in [6.07, 6.45) is 6.45. The van der Waals surface area contributed by atoms with Gasteiger partial charge in [0.15, 0.2) is 0 Å². The van der Waals surface area contributed by atoms with E-state index in [2.05, 4.69) is 36.2 Å². The molecule has 4 heterocycles. The molecule has 1 aliphatic rings. The van der Waals surface area contributed by atoms with Gasteiger partial charge in [-0.2, -0.15) is 0 Å². The van der Waals surface area contributed by atoms with Gasteiger partial charge < -0.3 is 40.7 Å². The molecule has 6 N–H and O–H groups in total. The number of benzene rings is 2. The molecule has 5 aromatic rings. The Morgan fingerprint density at radius 3 is 2.51 bits per heavy atom. The van der Waals surface area contributed by atoms with E-state index in [-0.39, 0.29) is 50.2 Å². The second kappa shape index (κ2) is 15.7. The summed E-state index contributed by atoms with van der Waals surface area (Å²) in [5, 5.41) is 12.5. The molecule has 2 atom stereocenters. The molecule has 0 unspecified atom stereocenters. The molecule has 6 rings (SSSR count). The van der Waals surface area contributed by atoms with Gasteiger partial charge >= 0.3 is 0 Å². The molecule has 5 amide bonds. The summed E-state index contributed by atoms with van der Waals surface area (Å²) in [6.45, 7) is 4.68. The Kier molecular flexibility index (Phi) is 10.8. The number of aromatic nitrogens is 4. The van der Waals surface area contributed by atoms with Gasteiger partial charge in [0.1, 0.15) is 17.9 Å². The number of hydrogen-bond donors (Lipinski definition) is 6. The van der Waals surface area contributed by atoms with Gasteiger partial charge in [0.25, 0.3) is 11.8 Å². The topological polar surface area (TPSA) is 186 Å². The maximum atomic E-state index is 13.7. The van der Waals surface area contributed by atoms with Gasteiger partial charge in [-0.3, -0.25) is 24.0 Å². The van der Waals surface area contributed by atoms with Crippen LogP contribution in [0.3, 0.4) is 0 Å². The van der Waals surface area contributed by atoms with E-state index in [4.69, 9.17) is 0 Å². The SMILES string of the molecule is CC[C@@H]1NC(=O)CN(C(=O)c2cc[nH]c2)CCCNC(=O)c2ccc3nc(C)n(c3c2)CCCNC(=O)[C@@H](Cc2c[nH]c3ccccc23)NC1=O. The summed E-state index contributed by atoms with van der Waals surface area (Å²) in [7, 11) is 0. The predicted molar refractivity (Wildman–Crippen MR) is 192 cm³/mol. The summed E-state index contributed by atoms with van der Waals surface area (Å²) in [5.74, 6) is -1.23. The number of imidazole rings is 1. The van der Waals surface area contributed by atoms with E-state index in [0.29, 0.717) is 37.1 Å². The zero-order valence-electron chi connectivity index (χ0n) is 28.8. The fraction of sp³-hybridized carbons (Fsp3) is 0.351. The molecule has 0 radical (unpaired) electrons. The van der Waals surface area contributed by atoms with Crippen molar-refractivity contribution in [1.82, 2.24) is 45.7 Å². The Morgan fingerprint density at radius 2 is 1.71 bits per heavy atom. The highest BCUT2D eigenvalue weighted by atomic mass is 16.2. The van der Waals surface area contributed by atoms with Gasteiger partial charge in [-0.05, 0) is 62.1 Å². The van der Waals surface area contributed by atoms with Crippen molar-refractivity contribution in [1.29, 1.82) is 0 Å². The fourth-order valence-electron chi connectivity index (χ4n) is 6.47. The summed E-state index contributed by atoms with van der Waals surface area (Å²) < 4.78 is 2.02. The number of aryl methyl sites for hydroxylation is 2. The van der Waals surface area contributed by atoms with Crippen molar-refractivity contribution >= 4 is 51.5 Å². The number of nitrogens with one attached hydrogen (secondary N) is 6. The highest BCUT2D eigenvalue weighted by Crippen LogP contribution is 2.20. The normalized spacial score (nSPS) is 18.8. The minimum atomic E-state index is -0.947. The van der Waals surface area contributed by atoms with Crippen molar-refractivity contribution in [2.45, 2.75) is 58.2 Å². The summed E-state index contributed by atoms with van der Waals surface area (Å²) in [4.78, 5) is 79.4. The number of H-pyrrole nitrogens is 2. The molecule has 2 aromatic carbocycles. The lowest BCUT2D eigenvalue weighted by Crippen LogP contribution is -2.55. The van der Waals surface area contributed by atoms with Crippen LogP contribution in [0.25, 0.3) is 21.9 Å². The number of hydrogen-bond acceptors (Lipinski definition) is 6. The quantitative estimate of drug-likeness (QED) is 0.168. The first-order valence-corrected chi connectivity index (χ1v) is 17.3. The van der Waals surface area contributed by atoms with Gasteiger partial charge in [0, 0.05) is 67.7 Å². The van der Waals surface area contributed by atoms with Crippen molar-refractivity contribution < 1.29 is 24.0 Å². The van der Waals surface area contributed by atoms with Crippen LogP contribution < -0.4 is 21.3 Å². The summed E-state index contributed by atoms with van der Waals surface area (Å²) >= 11 is 0. The maximum Gasteiger partial charge on any atom is 0.255 e. The van der Waals surface area contributed by atoms with E-state index in [9.17, 15) is 24.0 Å². The average molecular weight is 694 g/mol. The van der Waals surface area contributed by atoms with Gasteiger partial charge in [-0.1, -0.05) is 25.1 Å². The first-order valence-electron chi connectivity index (χ1n) is 17.3. The maximum absolute atomic E-state index is 13.7. The first-order chi connectivity index (χ1) is 24.7. The van der Waals surface area contributed by atoms with Crippen LogP contribution in [0, 0.1) is 6.92 Å². The van der Waals surface area contributed by atoms with Crippen LogP contribution in [0.2, 0.25) is 0 Å². The number of para-hydroxylation sites is 1. The van der Waals surface area contributed by atoms with Crippen molar-refractivity contribution in [3.63, 3.8) is 0 Å². The van der Waals surface area contributed by atoms with Crippen LogP contribution in [0.1, 0.15) is 58.3 Å². The van der Waals surface area contributed by atoms with Crippen LogP contribution in [-0.4, -0.2) is 92.2 Å². The van der Waals surface area contributed by atoms with E-state index in [0.717, 1.165) is 33.3 Å². The predicted octanol–water partition coefficient (Wildman–Crippen LogP) is 2.56. The number of nitrogens with zero attached hydrogens (tertiary/aromatic N) is 3. The molecule has 266 valence electrons. The van der Waals surface area contributed by atoms with Crippen LogP contribution >= 0.6 is 0 Å². The lowest BCUT2D eigenvalue weighted by atomic mass is 10.0. The molecule has 14 nitrogen and oxygen atoms in total. The Labute approximate surface area is 294 Å². The number of carbonyl (C=O) groups is 5. The number of rotatable bonds is 4. The van der Waals surface area contributed by atoms with Gasteiger partial charge in [-0.25, -0.2) is 4.98 Å². The van der Waals surface area contributed by atoms with Crippen LogP contribution in [0.4, 0.5) is 0 Å². The smallest absolute Gasteiger partial charge is 0.255 e. The molecule has 0 saturated carbocycles. The molecule has 51 heavy (non-hydrogen) atoms. The van der Waals surface area contributed by atoms with Crippen LogP contribution in [0.5, 0.6) is 0 Å². The second-order valence-electron chi connectivity index (χ2n) is 12.7. The Hall–Kier alpha value is -5.92. The highest BCUT2D eigenvalue weighted by Gasteiger charge is 2.28. The minimum Gasteiger partial charge on any atom is -0.367 e. The largest absolute Gasteiger partial charge is 0.367 e. The lowest BCUT2D eigenvalue weighted by molar-refractivity contribution is -0.132. The Morgan fingerprint density at radius 1 is 0.902 bits per heavy atom. The third kappa shape index (κ3) is 8.11. The van der Waals surface area contributed by atoms with Crippen molar-refractivity contribution in [3.8, 4) is 0 Å². The molecule has 0 fully saturated rings. The second-order valence-corrected chi connectivity index (χ2v) is 12.7. The monoisotopic (exact) mass is 693 g/mol. The number of aromatic amines is 2. The molecular weight excluding hydrogens is 650 g/mol. The Balaban J connectivity index is 1.27. The summed E-state index contributed by atoms with van der Waals surface area (Å²) in [6, 6.07) is 12.8. The molecule has 0 saturated heterocycles. The van der Waals surface area contributed by atoms with E-state index in [1.807, 2.05) is 48.0 Å². The first kappa shape index (κ1) is 34.9. The average Bonchev–Trinajstić information content (AvgIpc) is 3.88. The standard InChI is InChI=1S/C37H43N9O5/c1-3-28-36(50)44-31(18-26-21-41-29-9-5-4-8-27(26)29)35(49)40-14-7-17-46-23(2)42-30-11-10-24(19-32(30)46)34(48)39-13-6-16-45(22-33(47)43-28)37(51)25-12-15-38-20-25/h4-5,8-12,15,19-21,28,31,38,41H,3,6-7,13-14,16-18,22H2,1-2H3,(H,39,48)(H,40,49)(H,43,47)(H,44,50)/t28-,31+/m0/s1. The van der Waals surface area contributed by atoms with E-state index < -0.39 is 23.9 Å². The number of fused-ring (bicyclic) bond motifs is 2. The van der Waals surface area contributed by atoms with Gasteiger partial charge in [-0.15, -0.1) is 0 Å². The lowest BCUT2D eigenvalue weighted by Gasteiger charge is -2.25. The van der Waals surface area contributed by atoms with E-state index in [1.165, 1.54) is 4.90 Å². The van der Waals surface area contributed by atoms with E-state index >= 15 is 0 Å². The number of carbonyl (C=O) groups excluding carboxylic acids is 5. The zero-order chi connectivity index (χ0) is 35.9. The summed E-state index contributed by atoms with van der Waals surface area (Å²) in [5.41, 5.74) is 4.19. The molecule has 0 aliphatic carbocycles.